The van der Waals surface area contributed by atoms with Gasteiger partial charge in [0.05, 0.1) is 73.7 Å². The first-order valence-electron chi connectivity index (χ1n) is 47.2. The monoisotopic (exact) mass is 1530 g/mol. The van der Waals surface area contributed by atoms with Crippen molar-refractivity contribution >= 4 is 145 Å². The largest absolute Gasteiger partial charge is 0.452 e. The Bertz CT molecular complexity index is 7880. The van der Waals surface area contributed by atoms with Gasteiger partial charge < -0.3 is 27.9 Å². The van der Waals surface area contributed by atoms with E-state index in [1.807, 2.05) is 42.5 Å². The third-order valence-electron chi connectivity index (χ3n) is 24.7. The van der Waals surface area contributed by atoms with Gasteiger partial charge in [-0.15, -0.1) is 0 Å². The summed E-state index contributed by atoms with van der Waals surface area (Å²) >= 11 is 0. The lowest BCUT2D eigenvalue weighted by Gasteiger charge is -2.45. The molecule has 6 nitrogen and oxygen atoms in total. The molecule has 0 saturated carbocycles. The Kier molecular flexibility index (Phi) is 13.0. The zero-order valence-corrected chi connectivity index (χ0v) is 68.7. The average molecular weight is 1530 g/mol. The van der Waals surface area contributed by atoms with Crippen molar-refractivity contribution in [1.29, 1.82) is 0 Å². The van der Waals surface area contributed by atoms with E-state index in [0.717, 1.165) is 116 Å². The smallest absolute Gasteiger partial charge is 0.252 e. The summed E-state index contributed by atoms with van der Waals surface area (Å²) in [7, 11) is 0. The quantitative estimate of drug-likeness (QED) is 0.142. The first kappa shape index (κ1) is 58.9. The van der Waals surface area contributed by atoms with E-state index in [2.05, 4.69) is 305 Å². The summed E-state index contributed by atoms with van der Waals surface area (Å²) in [5, 5.41) is 5.45. The van der Waals surface area contributed by atoms with E-state index in [1.165, 1.54) is 26.8 Å². The highest BCUT2D eigenvalue weighted by Crippen LogP contribution is 2.55. The predicted molar refractivity (Wildman–Crippen MR) is 501 cm³/mol. The van der Waals surface area contributed by atoms with Gasteiger partial charge >= 0.3 is 0 Å². The molecule has 2 aliphatic rings. The molecule has 0 amide bonds. The molecule has 117 heavy (non-hydrogen) atoms. The van der Waals surface area contributed by atoms with Crippen molar-refractivity contribution in [3.8, 4) is 50.4 Å². The summed E-state index contributed by atoms with van der Waals surface area (Å²) in [6, 6.07) is 76.7. The minimum Gasteiger partial charge on any atom is -0.452 e. The Labute approximate surface area is 704 Å². The van der Waals surface area contributed by atoms with Crippen LogP contribution >= 0.6 is 0 Å². The molecule has 6 heterocycles. The molecule has 4 aromatic heterocycles. The lowest BCUT2D eigenvalue weighted by atomic mass is 9.33. The van der Waals surface area contributed by atoms with Crippen molar-refractivity contribution in [2.45, 2.75) is 131 Å². The van der Waals surface area contributed by atoms with E-state index in [1.54, 1.807) is 6.07 Å². The summed E-state index contributed by atoms with van der Waals surface area (Å²) in [4.78, 5) is 4.77. The molecule has 0 bridgehead atoms. The van der Waals surface area contributed by atoms with Crippen LogP contribution in [0.1, 0.15) is 149 Å². The lowest BCUT2D eigenvalue weighted by molar-refractivity contribution is 0.590. The zero-order chi connectivity index (χ0) is 91.6. The zero-order valence-electron chi connectivity index (χ0n) is 81.7. The maximum absolute atomic E-state index is 9.80. The molecule has 21 rings (SSSR count). The molecule has 15 aromatic carbocycles. The average Bonchev–Trinajstić information content (AvgIpc) is 1.22. The second-order valence-electron chi connectivity index (χ2n) is 37.2. The van der Waals surface area contributed by atoms with Crippen LogP contribution in [-0.2, 0) is 27.1 Å². The molecule has 0 saturated heterocycles. The SMILES string of the molecule is [2H]c1c([2H])c([2H])c(-c2ccc3c(c2)N(c2cccc4c2oc2c(-n5c6c([2H])c([2H])c([2H])c([2H])c6c6c([2H])c([2H])c([2H])c([2H])c65)cccc24)c2cc(-n4c5ccc(C(C)(C)C)cc5c5cc(C(C)(C)C)ccc54)cc4c2B3c2ccc(-n3c5ccc(C(C)(C)C)cc5c5cc(C(C)(C)C)ccc53)cc2N4c2c(-c3ccccc3)cc(C(C)(C)C)cc2-c2ccccc2)c([2H])c1[2H]. The Balaban J connectivity index is 0.963. The maximum Gasteiger partial charge on any atom is 0.252 e. The van der Waals surface area contributed by atoms with Crippen LogP contribution in [-0.4, -0.2) is 20.4 Å². The lowest BCUT2D eigenvalue weighted by Crippen LogP contribution is -2.61. The van der Waals surface area contributed by atoms with E-state index >= 15 is 0 Å². The summed E-state index contributed by atoms with van der Waals surface area (Å²) in [5.41, 5.74) is 22.6. The molecular formula is C110H96BN5O. The first-order valence-corrected chi connectivity index (χ1v) is 40.7. The summed E-state index contributed by atoms with van der Waals surface area (Å²) in [5.74, 6) is 0. The summed E-state index contributed by atoms with van der Waals surface area (Å²) in [6.07, 6.45) is 0. The molecule has 2 aliphatic heterocycles. The van der Waals surface area contributed by atoms with E-state index < -0.39 is 73.2 Å². The fraction of sp³-hybridized carbons (Fsp3) is 0.182. The topological polar surface area (TPSA) is 34.4 Å². The number of para-hydroxylation sites is 4. The minimum atomic E-state index is -0.645. The summed E-state index contributed by atoms with van der Waals surface area (Å²) < 4.78 is 136. The molecule has 0 unspecified atom stereocenters. The van der Waals surface area contributed by atoms with E-state index in [4.69, 9.17) is 8.53 Å². The van der Waals surface area contributed by atoms with Gasteiger partial charge in [-0.05, 0) is 209 Å². The van der Waals surface area contributed by atoms with Gasteiger partial charge in [0.2, 0.25) is 0 Å². The molecular weight excluding hydrogens is 1420 g/mol. The van der Waals surface area contributed by atoms with Gasteiger partial charge in [-0.1, -0.05) is 298 Å². The Hall–Kier alpha value is -12.8. The molecule has 0 atom stereocenters. The summed E-state index contributed by atoms with van der Waals surface area (Å²) in [6.45, 7) is 33.3. The van der Waals surface area contributed by atoms with Crippen molar-refractivity contribution in [2.75, 3.05) is 9.80 Å². The number of fused-ring (bicyclic) bond motifs is 16. The molecule has 0 fully saturated rings. The van der Waals surface area contributed by atoms with Crippen molar-refractivity contribution < 1.29 is 22.2 Å². The third kappa shape index (κ3) is 11.3. The Morgan fingerprint density at radius 2 is 0.675 bits per heavy atom. The fourth-order valence-electron chi connectivity index (χ4n) is 18.5. The van der Waals surface area contributed by atoms with Gasteiger partial charge in [-0.3, -0.25) is 0 Å². The van der Waals surface area contributed by atoms with Crippen molar-refractivity contribution in [1.82, 2.24) is 13.7 Å². The number of benzene rings is 15. The van der Waals surface area contributed by atoms with Gasteiger partial charge in [0.1, 0.15) is 0 Å². The number of nitrogens with zero attached hydrogens (tertiary/aromatic N) is 5. The second-order valence-corrected chi connectivity index (χ2v) is 37.2. The van der Waals surface area contributed by atoms with Crippen LogP contribution in [0.3, 0.4) is 0 Å². The molecule has 7 heteroatoms. The van der Waals surface area contributed by atoms with Crippen molar-refractivity contribution in [3.63, 3.8) is 0 Å². The molecule has 0 N–H and O–H groups in total. The van der Waals surface area contributed by atoms with Crippen LogP contribution in [0, 0.1) is 0 Å². The fourth-order valence-corrected chi connectivity index (χ4v) is 18.5. The minimum absolute atomic E-state index is 0.00750. The van der Waals surface area contributed by atoms with Crippen LogP contribution in [0.2, 0.25) is 0 Å². The van der Waals surface area contributed by atoms with Gasteiger partial charge in [-0.2, -0.15) is 0 Å². The normalized spacial score (nSPS) is 14.9. The highest BCUT2D eigenvalue weighted by Gasteiger charge is 2.46. The highest BCUT2D eigenvalue weighted by atomic mass is 16.3. The number of anilines is 6. The molecule has 19 aromatic rings. The number of hydrogen-bond donors (Lipinski definition) is 0. The van der Waals surface area contributed by atoms with Gasteiger partial charge in [0.15, 0.2) is 11.2 Å². The van der Waals surface area contributed by atoms with Crippen molar-refractivity contribution in [3.05, 3.63) is 337 Å². The highest BCUT2D eigenvalue weighted by molar-refractivity contribution is 7.00. The Morgan fingerprint density at radius 1 is 0.265 bits per heavy atom. The first-order chi connectivity index (χ1) is 61.6. The van der Waals surface area contributed by atoms with Crippen LogP contribution in [0.15, 0.2) is 313 Å². The van der Waals surface area contributed by atoms with Gasteiger partial charge in [0.25, 0.3) is 6.71 Å². The number of furan rings is 1. The van der Waals surface area contributed by atoms with Crippen molar-refractivity contribution in [2.24, 2.45) is 0 Å². The van der Waals surface area contributed by atoms with E-state index in [9.17, 15) is 13.7 Å². The molecule has 0 spiro atoms. The number of hydrogen-bond acceptors (Lipinski definition) is 3. The van der Waals surface area contributed by atoms with E-state index in [0.29, 0.717) is 39.0 Å². The van der Waals surface area contributed by atoms with Crippen LogP contribution in [0.4, 0.5) is 34.1 Å². The second kappa shape index (κ2) is 25.8. The maximum atomic E-state index is 9.80. The predicted octanol–water partition coefficient (Wildman–Crippen LogP) is 28.4. The third-order valence-corrected chi connectivity index (χ3v) is 24.7. The molecule has 0 radical (unpaired) electrons. The number of rotatable bonds is 8. The van der Waals surface area contributed by atoms with Gasteiger partial charge in [-0.25, -0.2) is 0 Å². The van der Waals surface area contributed by atoms with Crippen LogP contribution in [0.5, 0.6) is 0 Å². The van der Waals surface area contributed by atoms with E-state index in [-0.39, 0.29) is 77.8 Å². The Morgan fingerprint density at radius 3 is 1.15 bits per heavy atom. The van der Waals surface area contributed by atoms with Crippen LogP contribution in [0.25, 0.3) is 138 Å². The molecule has 0 aliphatic carbocycles. The standard InChI is InChI=1S/C110H96BN5O/c1-106(2,3)71-46-53-92-84(58-71)85-59-72(107(4,5)6)47-54-93(85)112(92)76-50-52-89-99(64-76)116(103-82(68-33-21-17-22-34-68)62-75(110(13,14)15)63-83(103)69-35-23-18-24-36-69)101-66-77(113-94-55-48-73(108(7,8)9)60-86(94)87-61-74(109(10,11)12)49-56-95(87)113)65-100-102(101)111(89)88-51-45-70(67-31-19-16-20-32-67)57-98(88)115(100)97-44-30-40-81-80-39-29-43-96(104(80)117-105(81)97)114-90-41-27-25-37-78(90)79-38-26-28-42-91(79)114/h16-66H,1-15H3/i16D,19D,20D,25D,26D,27D,28D,31D,32D,37D,38D,41D,42D. The van der Waals surface area contributed by atoms with Crippen LogP contribution < -0.4 is 26.2 Å². The number of aromatic nitrogens is 3. The van der Waals surface area contributed by atoms with Gasteiger partial charge in [0, 0.05) is 82.7 Å². The molecule has 570 valence electrons.